The quantitative estimate of drug-likeness (QED) is 0.339. The molecule has 2 aliphatic carbocycles. The van der Waals surface area contributed by atoms with E-state index in [1.807, 2.05) is 36.4 Å². The number of carbonyl (C=O) groups is 5. The minimum absolute atomic E-state index is 0.0324. The maximum absolute atomic E-state index is 14.1. The van der Waals surface area contributed by atoms with Gasteiger partial charge in [0.15, 0.2) is 0 Å². The van der Waals surface area contributed by atoms with Crippen molar-refractivity contribution < 1.29 is 37.1 Å². The van der Waals surface area contributed by atoms with Crippen molar-refractivity contribution in [2.45, 2.75) is 99.9 Å². The number of amides is 6. The van der Waals surface area contributed by atoms with Crippen molar-refractivity contribution in [2.75, 3.05) is 13.6 Å². The third kappa shape index (κ3) is 7.09. The highest BCUT2D eigenvalue weighted by molar-refractivity contribution is 7.91. The molecule has 0 radical (unpaired) electrons. The zero-order valence-corrected chi connectivity index (χ0v) is 27.2. The number of allylic oxidation sites excluding steroid dienone is 1. The first kappa shape index (κ1) is 32.8. The van der Waals surface area contributed by atoms with E-state index in [9.17, 15) is 32.4 Å². The van der Waals surface area contributed by atoms with Gasteiger partial charge in [0, 0.05) is 32.5 Å². The van der Waals surface area contributed by atoms with E-state index in [1.54, 1.807) is 4.90 Å². The van der Waals surface area contributed by atoms with E-state index in [2.05, 4.69) is 20.7 Å². The number of hydrogen-bond acceptors (Lipinski definition) is 8. The van der Waals surface area contributed by atoms with Crippen LogP contribution < -0.4 is 20.7 Å². The smallest absolute Gasteiger partial charge is 0.410 e. The van der Waals surface area contributed by atoms with Crippen LogP contribution in [-0.2, 0) is 42.2 Å². The molecule has 1 saturated heterocycles. The monoisotopic (exact) mass is 670 g/mol. The lowest BCUT2D eigenvalue weighted by atomic mass is 10.0. The molecule has 14 nitrogen and oxygen atoms in total. The zero-order valence-electron chi connectivity index (χ0n) is 26.4. The molecule has 3 aliphatic heterocycles. The number of hydrogen-bond donors (Lipinski definition) is 4. The lowest BCUT2D eigenvalue weighted by Gasteiger charge is -2.29. The first-order chi connectivity index (χ1) is 22.5. The summed E-state index contributed by atoms with van der Waals surface area (Å²) in [5.74, 6) is -2.39. The fourth-order valence-corrected chi connectivity index (χ4v) is 8.12. The first-order valence-corrected chi connectivity index (χ1v) is 17.9. The number of carbonyl (C=O) groups excluding carboxylic acids is 5. The van der Waals surface area contributed by atoms with Gasteiger partial charge in [-0.05, 0) is 49.7 Å². The number of rotatable bonds is 5. The van der Waals surface area contributed by atoms with Crippen molar-refractivity contribution in [3.8, 4) is 0 Å². The molecule has 2 saturated carbocycles. The van der Waals surface area contributed by atoms with Gasteiger partial charge < -0.3 is 25.6 Å². The van der Waals surface area contributed by atoms with Crippen LogP contribution in [0.15, 0.2) is 36.4 Å². The van der Waals surface area contributed by atoms with Crippen molar-refractivity contribution in [1.82, 2.24) is 30.5 Å². The van der Waals surface area contributed by atoms with Crippen molar-refractivity contribution in [2.24, 2.45) is 5.92 Å². The van der Waals surface area contributed by atoms with Gasteiger partial charge in [-0.15, -0.1) is 0 Å². The minimum atomic E-state index is -3.88. The Bertz CT molecular complexity index is 1550. The Balaban J connectivity index is 1.24. The molecule has 1 aromatic rings. The molecule has 0 unspecified atom stereocenters. The average Bonchev–Trinajstić information content (AvgIpc) is 3.93. The van der Waals surface area contributed by atoms with Crippen molar-refractivity contribution >= 4 is 39.9 Å². The van der Waals surface area contributed by atoms with Crippen molar-refractivity contribution in [3.63, 3.8) is 0 Å². The minimum Gasteiger partial charge on any atom is -0.444 e. The summed E-state index contributed by atoms with van der Waals surface area (Å²) in [6.07, 6.45) is 6.74. The summed E-state index contributed by atoms with van der Waals surface area (Å²) in [5, 5.41) is 7.35. The zero-order chi connectivity index (χ0) is 33.3. The predicted molar refractivity (Wildman–Crippen MR) is 169 cm³/mol. The first-order valence-electron chi connectivity index (χ1n) is 16.4. The standard InChI is InChI=1S/C32H42N6O8S/c1-33-30(42)34-25-12-6-4-2-3-5-11-22-16-32(22,29(41)36-47(44,45)24-13-14-24)35-27(39)26-15-23(19-38(26)28(25)40)46-31(43)37-17-20-9-7-8-10-21(20)18-37/h5,7-11,22-26H,2-4,6,12-19H2,1H3,(H,35,39)(H,36,41)(H2,33,34,42)/b11-5-/t22-,23-,25+,26+,32-/m1/s1. The molecule has 4 N–H and O–H groups in total. The molecular formula is C32H42N6O8S. The Labute approximate surface area is 274 Å². The van der Waals surface area contributed by atoms with Gasteiger partial charge in [0.05, 0.1) is 11.8 Å². The highest BCUT2D eigenvalue weighted by Crippen LogP contribution is 2.46. The lowest BCUT2D eigenvalue weighted by molar-refractivity contribution is -0.141. The number of nitrogens with one attached hydrogen (secondary N) is 4. The number of ether oxygens (including phenoxy) is 1. The maximum Gasteiger partial charge on any atom is 0.410 e. The van der Waals surface area contributed by atoms with Crippen LogP contribution in [0, 0.1) is 5.92 Å². The number of sulfonamides is 1. The van der Waals surface area contributed by atoms with Crippen LogP contribution in [0.3, 0.4) is 0 Å². The maximum atomic E-state index is 14.1. The summed E-state index contributed by atoms with van der Waals surface area (Å²) in [7, 11) is -2.43. The summed E-state index contributed by atoms with van der Waals surface area (Å²) < 4.78 is 33.4. The number of urea groups is 1. The molecule has 0 bridgehead atoms. The fraction of sp³-hybridized carbons (Fsp3) is 0.594. The van der Waals surface area contributed by atoms with Gasteiger partial charge in [0.2, 0.25) is 21.8 Å². The normalized spacial score (nSPS) is 30.0. The van der Waals surface area contributed by atoms with Crippen LogP contribution in [0.25, 0.3) is 0 Å². The van der Waals surface area contributed by atoms with E-state index < -0.39 is 74.8 Å². The SMILES string of the molecule is CNC(=O)N[C@H]1CCCCC/C=C\[C@@H]2C[C@@]2(C(=O)NS(=O)(=O)C2CC2)NC(=O)[C@@H]2C[C@@H](OC(=O)N3Cc4ccccc4C3)CN2C1=O. The molecule has 5 aliphatic rings. The molecule has 0 spiro atoms. The van der Waals surface area contributed by atoms with Crippen LogP contribution in [-0.4, -0.2) is 90.6 Å². The molecule has 1 aromatic carbocycles. The van der Waals surface area contributed by atoms with E-state index >= 15 is 0 Å². The fourth-order valence-electron chi connectivity index (χ4n) is 6.76. The summed E-state index contributed by atoms with van der Waals surface area (Å²) >= 11 is 0. The van der Waals surface area contributed by atoms with Gasteiger partial charge in [-0.2, -0.15) is 0 Å². The Morgan fingerprint density at radius 2 is 1.74 bits per heavy atom. The molecule has 5 atom stereocenters. The predicted octanol–water partition coefficient (Wildman–Crippen LogP) is 1.41. The Kier molecular flexibility index (Phi) is 9.18. The van der Waals surface area contributed by atoms with Crippen LogP contribution in [0.5, 0.6) is 0 Å². The second kappa shape index (κ2) is 13.2. The Hall–Kier alpha value is -4.14. The molecule has 254 valence electrons. The lowest BCUT2D eigenvalue weighted by Crippen LogP contribution is -2.58. The number of nitrogens with zero attached hydrogens (tertiary/aromatic N) is 2. The van der Waals surface area contributed by atoms with Crippen LogP contribution in [0.2, 0.25) is 0 Å². The highest BCUT2D eigenvalue weighted by atomic mass is 32.2. The summed E-state index contributed by atoms with van der Waals surface area (Å²) in [5.41, 5.74) is 0.531. The number of benzene rings is 1. The molecule has 6 rings (SSSR count). The van der Waals surface area contributed by atoms with Crippen LogP contribution in [0.1, 0.15) is 68.9 Å². The van der Waals surface area contributed by atoms with Gasteiger partial charge in [-0.25, -0.2) is 18.0 Å². The summed E-state index contributed by atoms with van der Waals surface area (Å²) in [4.78, 5) is 70.1. The van der Waals surface area contributed by atoms with Gasteiger partial charge in [0.1, 0.15) is 23.7 Å². The second-order valence-electron chi connectivity index (χ2n) is 13.2. The second-order valence-corrected chi connectivity index (χ2v) is 15.1. The molecule has 47 heavy (non-hydrogen) atoms. The summed E-state index contributed by atoms with van der Waals surface area (Å²) in [6.45, 7) is 0.666. The van der Waals surface area contributed by atoms with Crippen LogP contribution >= 0.6 is 0 Å². The molecule has 15 heteroatoms. The van der Waals surface area contributed by atoms with E-state index in [4.69, 9.17) is 4.74 Å². The van der Waals surface area contributed by atoms with Gasteiger partial charge in [-0.3, -0.25) is 24.0 Å². The van der Waals surface area contributed by atoms with Gasteiger partial charge >= 0.3 is 12.1 Å². The molecule has 3 heterocycles. The van der Waals surface area contributed by atoms with E-state index in [1.165, 1.54) is 11.9 Å². The van der Waals surface area contributed by atoms with E-state index in [-0.39, 0.29) is 19.4 Å². The summed E-state index contributed by atoms with van der Waals surface area (Å²) in [6, 6.07) is 5.07. The highest BCUT2D eigenvalue weighted by Gasteiger charge is 2.62. The topological polar surface area (TPSA) is 183 Å². The average molecular weight is 671 g/mol. The van der Waals surface area contributed by atoms with E-state index in [0.29, 0.717) is 45.2 Å². The number of fused-ring (bicyclic) bond motifs is 3. The van der Waals surface area contributed by atoms with Gasteiger partial charge in [-0.1, -0.05) is 49.3 Å². The van der Waals surface area contributed by atoms with Crippen molar-refractivity contribution in [3.05, 3.63) is 47.5 Å². The molecule has 6 amide bonds. The molecule has 3 fully saturated rings. The third-order valence-electron chi connectivity index (χ3n) is 9.74. The third-order valence-corrected chi connectivity index (χ3v) is 11.6. The molecular weight excluding hydrogens is 628 g/mol. The molecule has 0 aromatic heterocycles. The van der Waals surface area contributed by atoms with Crippen molar-refractivity contribution in [1.29, 1.82) is 0 Å². The van der Waals surface area contributed by atoms with E-state index in [0.717, 1.165) is 24.0 Å². The van der Waals surface area contributed by atoms with Crippen LogP contribution in [0.4, 0.5) is 9.59 Å². The van der Waals surface area contributed by atoms with Gasteiger partial charge in [0.25, 0.3) is 5.91 Å². The Morgan fingerprint density at radius 3 is 2.43 bits per heavy atom. The Morgan fingerprint density at radius 1 is 1.02 bits per heavy atom. The largest absolute Gasteiger partial charge is 0.444 e.